The van der Waals surface area contributed by atoms with Gasteiger partial charge in [0.05, 0.1) is 6.61 Å². The zero-order valence-corrected chi connectivity index (χ0v) is 11.4. The van der Waals surface area contributed by atoms with Crippen molar-refractivity contribution in [3.8, 4) is 0 Å². The molecule has 0 aliphatic heterocycles. The first-order valence-electron chi connectivity index (χ1n) is 6.14. The van der Waals surface area contributed by atoms with E-state index in [-0.39, 0.29) is 12.0 Å². The van der Waals surface area contributed by atoms with Gasteiger partial charge in [0.25, 0.3) is 5.78 Å². The zero-order valence-electron chi connectivity index (χ0n) is 11.4. The molecule has 0 amide bonds. The Morgan fingerprint density at radius 1 is 1.11 bits per heavy atom. The highest BCUT2D eigenvalue weighted by atomic mass is 16.5. The second-order valence-corrected chi connectivity index (χ2v) is 5.48. The maximum Gasteiger partial charge on any atom is 0.379 e. The molecule has 0 aromatic heterocycles. The molecular weight excluding hydrogens is 228 g/mol. The van der Waals surface area contributed by atoms with Crippen LogP contribution in [0.2, 0.25) is 0 Å². The van der Waals surface area contributed by atoms with Crippen molar-refractivity contribution >= 4 is 11.8 Å². The van der Waals surface area contributed by atoms with Crippen LogP contribution in [0.25, 0.3) is 0 Å². The Labute approximate surface area is 108 Å². The highest BCUT2D eigenvalue weighted by Crippen LogP contribution is 2.20. The van der Waals surface area contributed by atoms with Crippen LogP contribution in [0, 0.1) is 5.41 Å². The predicted molar refractivity (Wildman–Crippen MR) is 70.6 cm³/mol. The summed E-state index contributed by atoms with van der Waals surface area (Å²) >= 11 is 0. The fourth-order valence-corrected chi connectivity index (χ4v) is 1.70. The standard InChI is InChI=1S/C15H20O3/c1-5-18-14(17)13(16)12-8-6-11(7-9-12)10-15(2,3)4/h6-9H,5,10H2,1-4H3. The van der Waals surface area contributed by atoms with Gasteiger partial charge in [-0.3, -0.25) is 4.79 Å². The largest absolute Gasteiger partial charge is 0.460 e. The smallest absolute Gasteiger partial charge is 0.379 e. The predicted octanol–water partition coefficient (Wildman–Crippen LogP) is 3.02. The highest BCUT2D eigenvalue weighted by molar-refractivity contribution is 6.40. The molecule has 1 aromatic carbocycles. The summed E-state index contributed by atoms with van der Waals surface area (Å²) in [4.78, 5) is 22.9. The normalized spacial score (nSPS) is 11.1. The van der Waals surface area contributed by atoms with Gasteiger partial charge >= 0.3 is 5.97 Å². The monoisotopic (exact) mass is 248 g/mol. The second kappa shape index (κ2) is 5.80. The van der Waals surface area contributed by atoms with Crippen LogP contribution >= 0.6 is 0 Å². The molecule has 0 spiro atoms. The molecule has 0 bridgehead atoms. The third-order valence-electron chi connectivity index (χ3n) is 2.41. The van der Waals surface area contributed by atoms with E-state index in [2.05, 4.69) is 25.5 Å². The lowest BCUT2D eigenvalue weighted by atomic mass is 9.88. The molecule has 0 aliphatic carbocycles. The molecule has 0 saturated heterocycles. The lowest BCUT2D eigenvalue weighted by Crippen LogP contribution is -2.17. The number of carbonyl (C=O) groups is 2. The zero-order chi connectivity index (χ0) is 13.8. The number of hydrogen-bond acceptors (Lipinski definition) is 3. The molecule has 0 aliphatic rings. The van der Waals surface area contributed by atoms with Crippen molar-refractivity contribution in [1.29, 1.82) is 0 Å². The molecule has 0 unspecified atom stereocenters. The van der Waals surface area contributed by atoms with Gasteiger partial charge in [0, 0.05) is 5.56 Å². The summed E-state index contributed by atoms with van der Waals surface area (Å²) in [5.41, 5.74) is 1.74. The van der Waals surface area contributed by atoms with Crippen molar-refractivity contribution in [2.24, 2.45) is 5.41 Å². The van der Waals surface area contributed by atoms with Crippen molar-refractivity contribution < 1.29 is 14.3 Å². The Balaban J connectivity index is 2.77. The van der Waals surface area contributed by atoms with Crippen molar-refractivity contribution in [2.45, 2.75) is 34.1 Å². The molecule has 98 valence electrons. The van der Waals surface area contributed by atoms with Gasteiger partial charge in [0.1, 0.15) is 0 Å². The van der Waals surface area contributed by atoms with Gasteiger partial charge in [0.2, 0.25) is 0 Å². The molecule has 0 radical (unpaired) electrons. The van der Waals surface area contributed by atoms with E-state index in [0.717, 1.165) is 12.0 Å². The number of rotatable bonds is 4. The number of benzene rings is 1. The first-order chi connectivity index (χ1) is 8.33. The molecular formula is C15H20O3. The number of esters is 1. The minimum atomic E-state index is -0.791. The van der Waals surface area contributed by atoms with Crippen LogP contribution in [0.3, 0.4) is 0 Å². The van der Waals surface area contributed by atoms with Gasteiger partial charge in [0.15, 0.2) is 0 Å². The van der Waals surface area contributed by atoms with Gasteiger partial charge in [-0.05, 0) is 24.3 Å². The third-order valence-corrected chi connectivity index (χ3v) is 2.41. The summed E-state index contributed by atoms with van der Waals surface area (Å²) < 4.78 is 4.68. The molecule has 0 atom stereocenters. The van der Waals surface area contributed by atoms with E-state index < -0.39 is 11.8 Å². The minimum absolute atomic E-state index is 0.201. The second-order valence-electron chi connectivity index (χ2n) is 5.48. The van der Waals surface area contributed by atoms with Crippen LogP contribution in [0.4, 0.5) is 0 Å². The summed E-state index contributed by atoms with van der Waals surface area (Å²) in [5.74, 6) is -1.37. The molecule has 0 saturated carbocycles. The van der Waals surface area contributed by atoms with E-state index in [1.807, 2.05) is 12.1 Å². The Morgan fingerprint density at radius 2 is 1.67 bits per heavy atom. The Hall–Kier alpha value is -1.64. The van der Waals surface area contributed by atoms with Crippen LogP contribution in [0.15, 0.2) is 24.3 Å². The van der Waals surface area contributed by atoms with Crippen molar-refractivity contribution in [3.05, 3.63) is 35.4 Å². The maximum atomic E-state index is 11.7. The summed E-state index contributed by atoms with van der Waals surface area (Å²) in [6, 6.07) is 7.13. The summed E-state index contributed by atoms with van der Waals surface area (Å²) in [6.07, 6.45) is 0.931. The van der Waals surface area contributed by atoms with Gasteiger partial charge < -0.3 is 4.74 Å². The Kier molecular flexibility index (Phi) is 4.65. The SMILES string of the molecule is CCOC(=O)C(=O)c1ccc(CC(C)(C)C)cc1. The lowest BCUT2D eigenvalue weighted by Gasteiger charge is -2.18. The number of ketones is 1. The van der Waals surface area contributed by atoms with E-state index in [1.54, 1.807) is 19.1 Å². The fraction of sp³-hybridized carbons (Fsp3) is 0.467. The Bertz CT molecular complexity index is 424. The van der Waals surface area contributed by atoms with Gasteiger partial charge in [-0.15, -0.1) is 0 Å². The average Bonchev–Trinajstić information content (AvgIpc) is 2.27. The van der Waals surface area contributed by atoms with E-state index in [1.165, 1.54) is 0 Å². The van der Waals surface area contributed by atoms with E-state index in [0.29, 0.717) is 5.56 Å². The van der Waals surface area contributed by atoms with Crippen LogP contribution in [-0.4, -0.2) is 18.4 Å². The van der Waals surface area contributed by atoms with Gasteiger partial charge in [-0.1, -0.05) is 45.0 Å². The van der Waals surface area contributed by atoms with E-state index >= 15 is 0 Å². The molecule has 1 rings (SSSR count). The Morgan fingerprint density at radius 3 is 2.11 bits per heavy atom. The fourth-order valence-electron chi connectivity index (χ4n) is 1.70. The van der Waals surface area contributed by atoms with Crippen LogP contribution in [0.5, 0.6) is 0 Å². The quantitative estimate of drug-likeness (QED) is 0.467. The van der Waals surface area contributed by atoms with Crippen LogP contribution in [-0.2, 0) is 16.0 Å². The summed E-state index contributed by atoms with van der Waals surface area (Å²) in [6.45, 7) is 8.37. The number of hydrogen-bond donors (Lipinski definition) is 0. The van der Waals surface area contributed by atoms with E-state index in [9.17, 15) is 9.59 Å². The van der Waals surface area contributed by atoms with Crippen LogP contribution in [0.1, 0.15) is 43.6 Å². The molecule has 0 heterocycles. The van der Waals surface area contributed by atoms with Crippen molar-refractivity contribution in [3.63, 3.8) is 0 Å². The van der Waals surface area contributed by atoms with Crippen LogP contribution < -0.4 is 0 Å². The number of carbonyl (C=O) groups excluding carboxylic acids is 2. The summed E-state index contributed by atoms with van der Waals surface area (Å²) in [5, 5.41) is 0. The molecule has 3 heteroatoms. The minimum Gasteiger partial charge on any atom is -0.460 e. The van der Waals surface area contributed by atoms with Gasteiger partial charge in [-0.25, -0.2) is 4.79 Å². The summed E-state index contributed by atoms with van der Waals surface area (Å²) in [7, 11) is 0. The van der Waals surface area contributed by atoms with E-state index in [4.69, 9.17) is 0 Å². The third kappa shape index (κ3) is 4.32. The molecule has 3 nitrogen and oxygen atoms in total. The number of ether oxygens (including phenoxy) is 1. The molecule has 1 aromatic rings. The molecule has 18 heavy (non-hydrogen) atoms. The highest BCUT2D eigenvalue weighted by Gasteiger charge is 2.17. The topological polar surface area (TPSA) is 43.4 Å². The van der Waals surface area contributed by atoms with Gasteiger partial charge in [-0.2, -0.15) is 0 Å². The lowest BCUT2D eigenvalue weighted by molar-refractivity contribution is -0.137. The first-order valence-corrected chi connectivity index (χ1v) is 6.14. The van der Waals surface area contributed by atoms with Crippen molar-refractivity contribution in [2.75, 3.05) is 6.61 Å². The molecule has 0 N–H and O–H groups in total. The maximum absolute atomic E-state index is 11.7. The first kappa shape index (κ1) is 14.4. The van der Waals surface area contributed by atoms with Crippen molar-refractivity contribution in [1.82, 2.24) is 0 Å². The molecule has 0 fully saturated rings. The number of Topliss-reactive ketones (excluding diaryl/α,β-unsaturated/α-hetero) is 1. The average molecular weight is 248 g/mol.